The van der Waals surface area contributed by atoms with Crippen LogP contribution in [0.4, 0.5) is 4.79 Å². The Balaban J connectivity index is 1.90. The van der Waals surface area contributed by atoms with Crippen molar-refractivity contribution in [3.63, 3.8) is 0 Å². The normalized spacial score (nSPS) is 20.0. The van der Waals surface area contributed by atoms with Gasteiger partial charge in [0.1, 0.15) is 5.60 Å². The Morgan fingerprint density at radius 2 is 2.32 bits per heavy atom. The molecule has 0 saturated carbocycles. The number of carbonyl (C=O) groups is 1. The molecular weight excluding hydrogens is 304 g/mol. The maximum absolute atomic E-state index is 12.0. The van der Waals surface area contributed by atoms with Gasteiger partial charge in [0.25, 0.3) is 0 Å². The summed E-state index contributed by atoms with van der Waals surface area (Å²) >= 11 is 6.07. The molecule has 2 rings (SSSR count). The highest BCUT2D eigenvalue weighted by Gasteiger charge is 2.33. The number of halogens is 1. The molecule has 1 saturated heterocycles. The zero-order valence-corrected chi connectivity index (χ0v) is 14.0. The second-order valence-corrected chi connectivity index (χ2v) is 7.12. The Morgan fingerprint density at radius 3 is 2.95 bits per heavy atom. The fraction of sp³-hybridized carbons (Fsp3) is 0.625. The number of carbonyl (C=O) groups excluding carboxylic acids is 1. The molecular formula is C16H23ClN2O3. The summed E-state index contributed by atoms with van der Waals surface area (Å²) in [4.78, 5) is 17.6. The van der Waals surface area contributed by atoms with Gasteiger partial charge >= 0.3 is 6.09 Å². The van der Waals surface area contributed by atoms with Gasteiger partial charge in [0.2, 0.25) is 0 Å². The topological polar surface area (TPSA) is 62.7 Å². The fourth-order valence-corrected chi connectivity index (χ4v) is 2.75. The molecule has 5 nitrogen and oxygen atoms in total. The molecule has 6 heteroatoms. The average Bonchev–Trinajstić information content (AvgIpc) is 2.89. The number of aliphatic hydroxyl groups is 1. The number of likely N-dealkylation sites (tertiary alicyclic amines) is 1. The average molecular weight is 327 g/mol. The fourth-order valence-electron chi connectivity index (χ4n) is 2.56. The lowest BCUT2D eigenvalue weighted by Crippen LogP contribution is -2.36. The molecule has 122 valence electrons. The van der Waals surface area contributed by atoms with E-state index in [1.165, 1.54) is 0 Å². The summed E-state index contributed by atoms with van der Waals surface area (Å²) in [6.45, 7) is 6.66. The molecule has 2 atom stereocenters. The van der Waals surface area contributed by atoms with Crippen LogP contribution in [0.25, 0.3) is 0 Å². The molecule has 0 radical (unpaired) electrons. The monoisotopic (exact) mass is 326 g/mol. The van der Waals surface area contributed by atoms with Crippen molar-refractivity contribution in [1.82, 2.24) is 9.88 Å². The lowest BCUT2D eigenvalue weighted by atomic mass is 9.96. The highest BCUT2D eigenvalue weighted by atomic mass is 35.5. The predicted molar refractivity (Wildman–Crippen MR) is 84.9 cm³/mol. The van der Waals surface area contributed by atoms with Crippen LogP contribution in [-0.4, -0.2) is 45.9 Å². The molecule has 22 heavy (non-hydrogen) atoms. The van der Waals surface area contributed by atoms with E-state index in [0.29, 0.717) is 24.5 Å². The molecule has 0 aliphatic carbocycles. The zero-order valence-electron chi connectivity index (χ0n) is 13.3. The summed E-state index contributed by atoms with van der Waals surface area (Å²) in [7, 11) is 0. The smallest absolute Gasteiger partial charge is 0.410 e. The number of aromatic nitrogens is 1. The molecule has 1 aromatic rings. The van der Waals surface area contributed by atoms with Crippen LogP contribution in [0.5, 0.6) is 0 Å². The van der Waals surface area contributed by atoms with Crippen molar-refractivity contribution < 1.29 is 14.6 Å². The predicted octanol–water partition coefficient (Wildman–Crippen LogP) is 2.90. The Morgan fingerprint density at radius 1 is 1.59 bits per heavy atom. The summed E-state index contributed by atoms with van der Waals surface area (Å²) in [6, 6.07) is 1.81. The number of nitrogens with zero attached hydrogens (tertiary/aromatic N) is 2. The molecule has 1 N–H and O–H groups in total. The van der Waals surface area contributed by atoms with Crippen LogP contribution in [-0.2, 0) is 11.2 Å². The van der Waals surface area contributed by atoms with Crippen molar-refractivity contribution in [2.45, 2.75) is 45.3 Å². The summed E-state index contributed by atoms with van der Waals surface area (Å²) in [5.74, 6) is 0.0387. The first-order valence-electron chi connectivity index (χ1n) is 7.50. The van der Waals surface area contributed by atoms with Gasteiger partial charge in [-0.15, -0.1) is 0 Å². The third-order valence-corrected chi connectivity index (χ3v) is 4.05. The molecule has 0 bridgehead atoms. The van der Waals surface area contributed by atoms with Crippen molar-refractivity contribution in [1.29, 1.82) is 0 Å². The van der Waals surface area contributed by atoms with E-state index >= 15 is 0 Å². The Kier molecular flexibility index (Phi) is 5.29. The summed E-state index contributed by atoms with van der Waals surface area (Å²) in [5.41, 5.74) is 0.373. The first-order chi connectivity index (χ1) is 10.3. The summed E-state index contributed by atoms with van der Waals surface area (Å²) < 4.78 is 5.36. The van der Waals surface area contributed by atoms with Crippen molar-refractivity contribution in [3.8, 4) is 0 Å². The molecule has 1 aromatic heterocycles. The van der Waals surface area contributed by atoms with Crippen molar-refractivity contribution in [3.05, 3.63) is 29.0 Å². The van der Waals surface area contributed by atoms with Gasteiger partial charge in [-0.1, -0.05) is 11.6 Å². The largest absolute Gasteiger partial charge is 0.444 e. The lowest BCUT2D eigenvalue weighted by Gasteiger charge is -2.25. The third-order valence-electron chi connectivity index (χ3n) is 3.71. The van der Waals surface area contributed by atoms with Gasteiger partial charge in [0.05, 0.1) is 11.1 Å². The number of pyridine rings is 1. The lowest BCUT2D eigenvalue weighted by molar-refractivity contribution is 0.0269. The molecule has 1 amide bonds. The minimum atomic E-state index is -0.535. The van der Waals surface area contributed by atoms with Gasteiger partial charge < -0.3 is 14.7 Å². The maximum Gasteiger partial charge on any atom is 0.410 e. The van der Waals surface area contributed by atoms with Crippen molar-refractivity contribution in [2.24, 2.45) is 5.92 Å². The van der Waals surface area contributed by atoms with Crippen molar-refractivity contribution in [2.75, 3.05) is 13.1 Å². The summed E-state index contributed by atoms with van der Waals surface area (Å²) in [6.07, 6.45) is 3.62. The van der Waals surface area contributed by atoms with Gasteiger partial charge in [-0.3, -0.25) is 4.98 Å². The van der Waals surface area contributed by atoms with E-state index in [1.807, 2.05) is 26.8 Å². The SMILES string of the molecule is CC(C)(C)OC(=O)N1CCC(C(O)Cc2ccncc2Cl)C1. The number of amides is 1. The van der Waals surface area contributed by atoms with Crippen LogP contribution in [0, 0.1) is 5.92 Å². The highest BCUT2D eigenvalue weighted by Crippen LogP contribution is 2.25. The minimum absolute atomic E-state index is 0.0387. The van der Waals surface area contributed by atoms with Gasteiger partial charge in [0.15, 0.2) is 0 Å². The molecule has 0 aromatic carbocycles. The van der Waals surface area contributed by atoms with Gasteiger partial charge in [-0.25, -0.2) is 4.79 Å². The highest BCUT2D eigenvalue weighted by molar-refractivity contribution is 6.31. The quantitative estimate of drug-likeness (QED) is 0.927. The number of rotatable bonds is 3. The van der Waals surface area contributed by atoms with Crippen LogP contribution >= 0.6 is 11.6 Å². The van der Waals surface area contributed by atoms with Crippen LogP contribution in [0.2, 0.25) is 5.02 Å². The van der Waals surface area contributed by atoms with Gasteiger partial charge in [0, 0.05) is 37.8 Å². The molecule has 1 fully saturated rings. The molecule has 2 heterocycles. The van der Waals surface area contributed by atoms with Crippen LogP contribution in [0.1, 0.15) is 32.8 Å². The number of ether oxygens (including phenoxy) is 1. The standard InChI is InChI=1S/C16H23ClN2O3/c1-16(2,3)22-15(21)19-7-5-12(10-19)14(20)8-11-4-6-18-9-13(11)17/h4,6,9,12,14,20H,5,7-8,10H2,1-3H3. The molecule has 0 spiro atoms. The van der Waals surface area contributed by atoms with Gasteiger partial charge in [-0.2, -0.15) is 0 Å². The van der Waals surface area contributed by atoms with Crippen LogP contribution < -0.4 is 0 Å². The van der Waals surface area contributed by atoms with E-state index in [4.69, 9.17) is 16.3 Å². The molecule has 1 aliphatic heterocycles. The first kappa shape index (κ1) is 17.0. The van der Waals surface area contributed by atoms with E-state index in [-0.39, 0.29) is 12.0 Å². The second kappa shape index (κ2) is 6.84. The first-order valence-corrected chi connectivity index (χ1v) is 7.88. The van der Waals surface area contributed by atoms with Crippen molar-refractivity contribution >= 4 is 17.7 Å². The van der Waals surface area contributed by atoms with Crippen LogP contribution in [0.3, 0.4) is 0 Å². The minimum Gasteiger partial charge on any atom is -0.444 e. The Hall–Kier alpha value is -1.33. The number of hydrogen-bond donors (Lipinski definition) is 1. The second-order valence-electron chi connectivity index (χ2n) is 6.71. The number of aliphatic hydroxyl groups excluding tert-OH is 1. The molecule has 2 unspecified atom stereocenters. The van der Waals surface area contributed by atoms with Gasteiger partial charge in [-0.05, 0) is 38.8 Å². The Bertz CT molecular complexity index is 530. The molecule has 1 aliphatic rings. The van der Waals surface area contributed by atoms with E-state index < -0.39 is 11.7 Å². The zero-order chi connectivity index (χ0) is 16.3. The van der Waals surface area contributed by atoms with E-state index in [9.17, 15) is 9.90 Å². The van der Waals surface area contributed by atoms with E-state index in [2.05, 4.69) is 4.98 Å². The van der Waals surface area contributed by atoms with E-state index in [0.717, 1.165) is 12.0 Å². The third kappa shape index (κ3) is 4.58. The summed E-state index contributed by atoms with van der Waals surface area (Å²) in [5, 5.41) is 11.0. The van der Waals surface area contributed by atoms with E-state index in [1.54, 1.807) is 17.3 Å². The Labute approximate surface area is 136 Å². The number of hydrogen-bond acceptors (Lipinski definition) is 4. The van der Waals surface area contributed by atoms with Crippen LogP contribution in [0.15, 0.2) is 18.5 Å². The maximum atomic E-state index is 12.0.